The first kappa shape index (κ1) is 20.3. The Hall–Kier alpha value is -1.94. The summed E-state index contributed by atoms with van der Waals surface area (Å²) in [5, 5.41) is 0.358. The summed E-state index contributed by atoms with van der Waals surface area (Å²) in [7, 11) is -2.25. The maximum atomic E-state index is 13.4. The molecule has 0 unspecified atom stereocenters. The van der Waals surface area contributed by atoms with Gasteiger partial charge in [0, 0.05) is 20.1 Å². The first-order chi connectivity index (χ1) is 13.7. The first-order valence-electron chi connectivity index (χ1n) is 9.26. The van der Waals surface area contributed by atoms with E-state index in [4.69, 9.17) is 4.84 Å². The minimum atomic E-state index is -4.50. The van der Waals surface area contributed by atoms with E-state index >= 15 is 0 Å². The average Bonchev–Trinajstić information content (AvgIpc) is 3.09. The molecule has 2 atom stereocenters. The third-order valence-electron chi connectivity index (χ3n) is 5.58. The lowest BCUT2D eigenvalue weighted by molar-refractivity contribution is -0.138. The molecule has 9 heteroatoms. The Morgan fingerprint density at radius 1 is 1.07 bits per heavy atom. The second-order valence-electron chi connectivity index (χ2n) is 7.35. The smallest absolute Gasteiger partial charge is 0.297 e. The molecule has 2 aromatic carbocycles. The van der Waals surface area contributed by atoms with Gasteiger partial charge in [-0.05, 0) is 35.2 Å². The summed E-state index contributed by atoms with van der Waals surface area (Å²) < 4.78 is 67.7. The summed E-state index contributed by atoms with van der Waals surface area (Å²) in [6.45, 7) is 0.501. The monoisotopic (exact) mass is 426 g/mol. The standard InChI is InChI=1S/C20H21F3N2O3S/c1-24-19(15-7-4-8-17(11-15)20(21,22)23)18(13-28-24)29(26,27)25-10-9-14-5-2-3-6-16(14)12-25/h2-8,11,18-19H,9-10,12-13H2,1H3/t18-,19+/m1/s1. The van der Waals surface area contributed by atoms with Crippen molar-refractivity contribution in [2.45, 2.75) is 30.4 Å². The van der Waals surface area contributed by atoms with E-state index < -0.39 is 33.1 Å². The van der Waals surface area contributed by atoms with Crippen LogP contribution in [0.4, 0.5) is 13.2 Å². The Bertz CT molecular complexity index is 1010. The van der Waals surface area contributed by atoms with Crippen LogP contribution in [0.15, 0.2) is 48.5 Å². The zero-order chi connectivity index (χ0) is 20.8. The van der Waals surface area contributed by atoms with Crippen LogP contribution < -0.4 is 0 Å². The van der Waals surface area contributed by atoms with Crippen LogP contribution in [0.3, 0.4) is 0 Å². The molecule has 4 rings (SSSR count). The first-order valence-corrected chi connectivity index (χ1v) is 10.8. The number of fused-ring (bicyclic) bond motifs is 1. The van der Waals surface area contributed by atoms with Gasteiger partial charge in [-0.1, -0.05) is 36.4 Å². The highest BCUT2D eigenvalue weighted by Crippen LogP contribution is 2.38. The molecule has 0 aliphatic carbocycles. The van der Waals surface area contributed by atoms with Gasteiger partial charge in [0.15, 0.2) is 0 Å². The van der Waals surface area contributed by atoms with Gasteiger partial charge < -0.3 is 0 Å². The summed E-state index contributed by atoms with van der Waals surface area (Å²) >= 11 is 0. The van der Waals surface area contributed by atoms with E-state index in [1.165, 1.54) is 21.5 Å². The average molecular weight is 426 g/mol. The molecule has 0 amide bonds. The molecule has 0 N–H and O–H groups in total. The van der Waals surface area contributed by atoms with Gasteiger partial charge in [0.25, 0.3) is 0 Å². The Balaban J connectivity index is 1.65. The van der Waals surface area contributed by atoms with Crippen LogP contribution in [0, 0.1) is 0 Å². The van der Waals surface area contributed by atoms with Crippen LogP contribution in [-0.4, -0.2) is 43.2 Å². The van der Waals surface area contributed by atoms with E-state index in [9.17, 15) is 21.6 Å². The molecule has 0 bridgehead atoms. The molecule has 0 aromatic heterocycles. The highest BCUT2D eigenvalue weighted by atomic mass is 32.2. The fourth-order valence-corrected chi connectivity index (χ4v) is 5.98. The van der Waals surface area contributed by atoms with E-state index in [-0.39, 0.29) is 18.7 Å². The molecule has 1 saturated heterocycles. The Morgan fingerprint density at radius 2 is 1.79 bits per heavy atom. The summed E-state index contributed by atoms with van der Waals surface area (Å²) in [6.07, 6.45) is -3.90. The highest BCUT2D eigenvalue weighted by molar-refractivity contribution is 7.89. The summed E-state index contributed by atoms with van der Waals surface area (Å²) in [4.78, 5) is 5.45. The molecule has 156 valence electrons. The minimum absolute atomic E-state index is 0.0993. The Labute approximate surface area is 167 Å². The number of sulfonamides is 1. The fraction of sp³-hybridized carbons (Fsp3) is 0.400. The molecule has 1 fully saturated rings. The molecular weight excluding hydrogens is 405 g/mol. The van der Waals surface area contributed by atoms with E-state index in [2.05, 4.69) is 0 Å². The predicted octanol–water partition coefficient (Wildman–Crippen LogP) is 3.38. The molecule has 0 saturated carbocycles. The fourth-order valence-electron chi connectivity index (χ4n) is 4.05. The van der Waals surface area contributed by atoms with Crippen molar-refractivity contribution < 1.29 is 26.4 Å². The topological polar surface area (TPSA) is 49.9 Å². The van der Waals surface area contributed by atoms with Crippen LogP contribution in [0.5, 0.6) is 0 Å². The zero-order valence-corrected chi connectivity index (χ0v) is 16.6. The second kappa shape index (κ2) is 7.39. The molecule has 2 aromatic rings. The highest BCUT2D eigenvalue weighted by Gasteiger charge is 2.46. The number of hydroxylamine groups is 2. The number of rotatable bonds is 3. The molecule has 0 spiro atoms. The van der Waals surface area contributed by atoms with Crippen LogP contribution in [0.2, 0.25) is 0 Å². The molecule has 29 heavy (non-hydrogen) atoms. The van der Waals surface area contributed by atoms with Crippen LogP contribution in [0.1, 0.15) is 28.3 Å². The van der Waals surface area contributed by atoms with Crippen molar-refractivity contribution in [2.75, 3.05) is 20.2 Å². The van der Waals surface area contributed by atoms with Gasteiger partial charge in [-0.3, -0.25) is 4.84 Å². The largest absolute Gasteiger partial charge is 0.416 e. The van der Waals surface area contributed by atoms with Gasteiger partial charge >= 0.3 is 6.18 Å². The molecule has 0 radical (unpaired) electrons. The Morgan fingerprint density at radius 3 is 2.52 bits per heavy atom. The number of halogens is 3. The van der Waals surface area contributed by atoms with Crippen molar-refractivity contribution in [3.63, 3.8) is 0 Å². The van der Waals surface area contributed by atoms with E-state index in [0.717, 1.165) is 23.3 Å². The summed E-state index contributed by atoms with van der Waals surface area (Å²) in [6, 6.07) is 11.6. The van der Waals surface area contributed by atoms with Gasteiger partial charge in [-0.15, -0.1) is 0 Å². The lowest BCUT2D eigenvalue weighted by atomic mass is 10.0. The molecular formula is C20H21F3N2O3S. The van der Waals surface area contributed by atoms with Crippen molar-refractivity contribution in [2.24, 2.45) is 0 Å². The normalized spacial score (nSPS) is 23.9. The minimum Gasteiger partial charge on any atom is -0.297 e. The number of hydrogen-bond acceptors (Lipinski definition) is 4. The van der Waals surface area contributed by atoms with Crippen molar-refractivity contribution in [1.29, 1.82) is 0 Å². The third kappa shape index (κ3) is 3.79. The molecule has 5 nitrogen and oxygen atoms in total. The molecule has 2 heterocycles. The summed E-state index contributed by atoms with van der Waals surface area (Å²) in [5.74, 6) is 0. The van der Waals surface area contributed by atoms with Gasteiger partial charge in [0.1, 0.15) is 5.25 Å². The third-order valence-corrected chi connectivity index (χ3v) is 7.77. The lowest BCUT2D eigenvalue weighted by Gasteiger charge is -2.32. The number of alkyl halides is 3. The Kier molecular flexibility index (Phi) is 5.18. The van der Waals surface area contributed by atoms with Crippen LogP contribution >= 0.6 is 0 Å². The summed E-state index contributed by atoms with van der Waals surface area (Å²) in [5.41, 5.74) is 1.53. The van der Waals surface area contributed by atoms with E-state index in [0.29, 0.717) is 13.0 Å². The van der Waals surface area contributed by atoms with Gasteiger partial charge in [-0.25, -0.2) is 8.42 Å². The van der Waals surface area contributed by atoms with E-state index in [1.807, 2.05) is 24.3 Å². The number of benzene rings is 2. The van der Waals surface area contributed by atoms with Crippen molar-refractivity contribution in [3.8, 4) is 0 Å². The zero-order valence-electron chi connectivity index (χ0n) is 15.8. The number of nitrogens with zero attached hydrogens (tertiary/aromatic N) is 2. The van der Waals surface area contributed by atoms with Crippen molar-refractivity contribution >= 4 is 10.0 Å². The van der Waals surface area contributed by atoms with Crippen molar-refractivity contribution in [3.05, 3.63) is 70.8 Å². The molecule has 2 aliphatic heterocycles. The van der Waals surface area contributed by atoms with Gasteiger partial charge in [0.05, 0.1) is 18.2 Å². The maximum absolute atomic E-state index is 13.4. The van der Waals surface area contributed by atoms with Crippen molar-refractivity contribution in [1.82, 2.24) is 9.37 Å². The van der Waals surface area contributed by atoms with E-state index in [1.54, 1.807) is 7.05 Å². The maximum Gasteiger partial charge on any atom is 0.416 e. The van der Waals surface area contributed by atoms with Gasteiger partial charge in [0.2, 0.25) is 10.0 Å². The van der Waals surface area contributed by atoms with Crippen LogP contribution in [-0.2, 0) is 34.0 Å². The SMILES string of the molecule is CN1OC[C@@H](S(=O)(=O)N2CCc3ccccc3C2)[C@@H]1c1cccc(C(F)(F)F)c1. The van der Waals surface area contributed by atoms with Crippen LogP contribution in [0.25, 0.3) is 0 Å². The second-order valence-corrected chi connectivity index (χ2v) is 9.50. The quantitative estimate of drug-likeness (QED) is 0.755. The van der Waals surface area contributed by atoms with Gasteiger partial charge in [-0.2, -0.15) is 22.5 Å². The predicted molar refractivity (Wildman–Crippen MR) is 101 cm³/mol. The number of hydrogen-bond donors (Lipinski definition) is 0. The lowest BCUT2D eigenvalue weighted by Crippen LogP contribution is -2.44. The molecule has 2 aliphatic rings.